The average Bonchev–Trinajstić information content (AvgIpc) is 2.54. The molecule has 0 aromatic carbocycles. The Hall–Kier alpha value is -0.570. The van der Waals surface area contributed by atoms with Crippen molar-refractivity contribution in [2.24, 2.45) is 23.7 Å². The second-order valence-corrected chi connectivity index (χ2v) is 5.55. The van der Waals surface area contributed by atoms with Crippen LogP contribution in [0.3, 0.4) is 0 Å². The molecule has 0 spiro atoms. The van der Waals surface area contributed by atoms with E-state index in [9.17, 15) is 4.79 Å². The minimum atomic E-state index is 0.250. The van der Waals surface area contributed by atoms with Crippen molar-refractivity contribution in [1.29, 1.82) is 0 Å². The van der Waals surface area contributed by atoms with Crippen molar-refractivity contribution in [3.05, 3.63) is 0 Å². The Balaban J connectivity index is 2.25. The normalized spacial score (nSPS) is 42.9. The van der Waals surface area contributed by atoms with E-state index < -0.39 is 0 Å². The highest BCUT2D eigenvalue weighted by Crippen LogP contribution is 2.36. The van der Waals surface area contributed by atoms with E-state index >= 15 is 0 Å². The fourth-order valence-electron chi connectivity index (χ4n) is 3.22. The maximum absolute atomic E-state index is 12.2. The van der Waals surface area contributed by atoms with Crippen LogP contribution >= 0.6 is 0 Å². The predicted molar refractivity (Wildman–Crippen MR) is 60.4 cm³/mol. The molecule has 3 nitrogen and oxygen atoms in total. The summed E-state index contributed by atoms with van der Waals surface area (Å²) in [4.78, 5) is 16.4. The van der Waals surface area contributed by atoms with Gasteiger partial charge in [-0.3, -0.25) is 4.79 Å². The first-order chi connectivity index (χ1) is 7.00. The van der Waals surface area contributed by atoms with Crippen molar-refractivity contribution in [1.82, 2.24) is 9.80 Å². The molecule has 0 aromatic heterocycles. The van der Waals surface area contributed by atoms with Crippen LogP contribution in [0.1, 0.15) is 13.8 Å². The van der Waals surface area contributed by atoms with Gasteiger partial charge in [-0.25, -0.2) is 0 Å². The molecule has 3 heteroatoms. The van der Waals surface area contributed by atoms with E-state index in [-0.39, 0.29) is 5.92 Å². The lowest BCUT2D eigenvalue weighted by Crippen LogP contribution is -2.35. The van der Waals surface area contributed by atoms with Crippen LogP contribution < -0.4 is 0 Å². The van der Waals surface area contributed by atoms with Gasteiger partial charge in [0.05, 0.1) is 5.92 Å². The number of carbonyl (C=O) groups is 1. The van der Waals surface area contributed by atoms with E-state index in [1.54, 1.807) is 0 Å². The van der Waals surface area contributed by atoms with E-state index in [4.69, 9.17) is 0 Å². The number of fused-ring (bicyclic) bond motifs is 1. The third-order valence-electron chi connectivity index (χ3n) is 4.38. The third kappa shape index (κ3) is 1.78. The number of carbonyl (C=O) groups excluding carboxylic acids is 1. The number of hydrogen-bond donors (Lipinski definition) is 0. The highest BCUT2D eigenvalue weighted by molar-refractivity contribution is 5.80. The predicted octanol–water partition coefficient (Wildman–Crippen LogP) is 0.908. The van der Waals surface area contributed by atoms with Gasteiger partial charge >= 0.3 is 0 Å². The fraction of sp³-hybridized carbons (Fsp3) is 0.917. The number of rotatable bonds is 0. The topological polar surface area (TPSA) is 23.6 Å². The van der Waals surface area contributed by atoms with E-state index in [2.05, 4.69) is 25.8 Å². The number of hydrogen-bond acceptors (Lipinski definition) is 2. The van der Waals surface area contributed by atoms with Gasteiger partial charge in [0.1, 0.15) is 0 Å². The molecule has 2 rings (SSSR count). The molecule has 0 aliphatic carbocycles. The second kappa shape index (κ2) is 3.78. The lowest BCUT2D eigenvalue weighted by molar-refractivity contribution is -0.134. The minimum Gasteiger partial charge on any atom is -0.345 e. The van der Waals surface area contributed by atoms with Gasteiger partial charge in [-0.15, -0.1) is 0 Å². The molecular formula is C12H22N2O. The molecule has 0 radical (unpaired) electrons. The van der Waals surface area contributed by atoms with Crippen molar-refractivity contribution >= 4 is 5.91 Å². The Bertz CT molecular complexity index is 266. The summed E-state index contributed by atoms with van der Waals surface area (Å²) in [6.07, 6.45) is 0. The lowest BCUT2D eigenvalue weighted by atomic mass is 9.79. The Labute approximate surface area is 92.4 Å². The van der Waals surface area contributed by atoms with Crippen LogP contribution in [-0.2, 0) is 4.79 Å². The van der Waals surface area contributed by atoms with Crippen molar-refractivity contribution in [2.75, 3.05) is 33.7 Å². The van der Waals surface area contributed by atoms with Crippen LogP contribution in [0, 0.1) is 23.7 Å². The molecule has 0 aromatic rings. The summed E-state index contributed by atoms with van der Waals surface area (Å²) in [5.74, 6) is 2.47. The zero-order valence-corrected chi connectivity index (χ0v) is 10.2. The number of nitrogens with zero attached hydrogens (tertiary/aromatic N) is 2. The smallest absolute Gasteiger partial charge is 0.227 e. The van der Waals surface area contributed by atoms with Gasteiger partial charge < -0.3 is 9.80 Å². The number of likely N-dealkylation sites (tertiary alicyclic amines) is 2. The molecular weight excluding hydrogens is 188 g/mol. The van der Waals surface area contributed by atoms with E-state index in [0.29, 0.717) is 23.7 Å². The van der Waals surface area contributed by atoms with Crippen LogP contribution in [0.4, 0.5) is 0 Å². The first-order valence-corrected chi connectivity index (χ1v) is 5.94. The highest BCUT2D eigenvalue weighted by atomic mass is 16.2. The zero-order chi connectivity index (χ0) is 11.2. The Morgan fingerprint density at radius 1 is 1.13 bits per heavy atom. The monoisotopic (exact) mass is 210 g/mol. The molecule has 2 fully saturated rings. The molecule has 4 atom stereocenters. The van der Waals surface area contributed by atoms with Crippen LogP contribution in [0.5, 0.6) is 0 Å². The van der Waals surface area contributed by atoms with Crippen molar-refractivity contribution in [3.8, 4) is 0 Å². The van der Waals surface area contributed by atoms with Gasteiger partial charge in [-0.05, 0) is 24.8 Å². The Morgan fingerprint density at radius 2 is 1.80 bits per heavy atom. The largest absolute Gasteiger partial charge is 0.345 e. The Morgan fingerprint density at radius 3 is 2.47 bits per heavy atom. The molecule has 86 valence electrons. The first-order valence-electron chi connectivity index (χ1n) is 5.94. The van der Waals surface area contributed by atoms with Gasteiger partial charge in [-0.2, -0.15) is 0 Å². The molecule has 2 unspecified atom stereocenters. The number of amides is 1. The van der Waals surface area contributed by atoms with Gasteiger partial charge in [0.15, 0.2) is 0 Å². The SMILES string of the molecule is C[C@@H]1CN(C)C(=O)C2CN(C)CC2[C@@H]1C. The van der Waals surface area contributed by atoms with Crippen LogP contribution in [0.25, 0.3) is 0 Å². The van der Waals surface area contributed by atoms with Crippen molar-refractivity contribution in [3.63, 3.8) is 0 Å². The van der Waals surface area contributed by atoms with Crippen LogP contribution in [0.15, 0.2) is 0 Å². The molecule has 0 saturated carbocycles. The zero-order valence-electron chi connectivity index (χ0n) is 10.2. The summed E-state index contributed by atoms with van der Waals surface area (Å²) >= 11 is 0. The van der Waals surface area contributed by atoms with E-state index in [1.807, 2.05) is 11.9 Å². The summed E-state index contributed by atoms with van der Waals surface area (Å²) in [7, 11) is 4.07. The molecule has 2 aliphatic heterocycles. The van der Waals surface area contributed by atoms with Crippen molar-refractivity contribution in [2.45, 2.75) is 13.8 Å². The summed E-state index contributed by atoms with van der Waals surface area (Å²) in [6.45, 7) is 7.56. The quantitative estimate of drug-likeness (QED) is 0.593. The molecule has 2 heterocycles. The fourth-order valence-corrected chi connectivity index (χ4v) is 3.22. The summed E-state index contributed by atoms with van der Waals surface area (Å²) < 4.78 is 0. The summed E-state index contributed by atoms with van der Waals surface area (Å²) in [5.41, 5.74) is 0. The maximum atomic E-state index is 12.2. The molecule has 0 bridgehead atoms. The standard InChI is InChI=1S/C12H22N2O/c1-8-5-14(4)12(15)11-7-13(3)6-10(11)9(8)2/h8-11H,5-7H2,1-4H3/t8-,9-,10?,11?/m1/s1. The molecule has 2 saturated heterocycles. The van der Waals surface area contributed by atoms with Crippen LogP contribution in [0.2, 0.25) is 0 Å². The average molecular weight is 210 g/mol. The second-order valence-electron chi connectivity index (χ2n) is 5.55. The van der Waals surface area contributed by atoms with E-state index in [0.717, 1.165) is 19.6 Å². The summed E-state index contributed by atoms with van der Waals surface area (Å²) in [6, 6.07) is 0. The molecule has 2 aliphatic rings. The van der Waals surface area contributed by atoms with E-state index in [1.165, 1.54) is 0 Å². The lowest BCUT2D eigenvalue weighted by Gasteiger charge is -2.24. The third-order valence-corrected chi connectivity index (χ3v) is 4.38. The van der Waals surface area contributed by atoms with Crippen molar-refractivity contribution < 1.29 is 4.79 Å². The van der Waals surface area contributed by atoms with Gasteiger partial charge in [0.2, 0.25) is 5.91 Å². The Kier molecular flexibility index (Phi) is 2.75. The van der Waals surface area contributed by atoms with Crippen LogP contribution in [-0.4, -0.2) is 49.4 Å². The molecule has 0 N–H and O–H groups in total. The summed E-state index contributed by atoms with van der Waals surface area (Å²) in [5, 5.41) is 0. The van der Waals surface area contributed by atoms with Gasteiger partial charge in [0.25, 0.3) is 0 Å². The van der Waals surface area contributed by atoms with Gasteiger partial charge in [-0.1, -0.05) is 13.8 Å². The molecule has 15 heavy (non-hydrogen) atoms. The first kappa shape index (κ1) is 10.9. The minimum absolute atomic E-state index is 0.250. The highest BCUT2D eigenvalue weighted by Gasteiger charge is 2.44. The maximum Gasteiger partial charge on any atom is 0.227 e. The molecule has 1 amide bonds. The van der Waals surface area contributed by atoms with Gasteiger partial charge in [0, 0.05) is 26.7 Å².